The lowest BCUT2D eigenvalue weighted by Crippen LogP contribution is -1.86. The summed E-state index contributed by atoms with van der Waals surface area (Å²) in [7, 11) is 0. The van der Waals surface area contributed by atoms with Crippen molar-refractivity contribution >= 4 is 5.57 Å². The zero-order chi connectivity index (χ0) is 9.14. The lowest BCUT2D eigenvalue weighted by atomic mass is 9.99. The number of hydrogen-bond donors (Lipinski definition) is 0. The largest absolute Gasteiger partial charge is 0.0841 e. The molecule has 0 spiro atoms. The maximum atomic E-state index is 2.24. The fourth-order valence-corrected chi connectivity index (χ4v) is 1.32. The van der Waals surface area contributed by atoms with Gasteiger partial charge < -0.3 is 0 Å². The minimum absolute atomic E-state index is 1.33. The SMILES string of the molecule is CC=C(C)c1cc(C)ccc1C. The average Bonchev–Trinajstić information content (AvgIpc) is 2.08. The van der Waals surface area contributed by atoms with E-state index in [1.165, 1.54) is 22.3 Å². The van der Waals surface area contributed by atoms with Crippen molar-refractivity contribution in [3.05, 3.63) is 41.0 Å². The normalized spacial score (nSPS) is 11.8. The monoisotopic (exact) mass is 160 g/mol. The topological polar surface area (TPSA) is 0 Å². The quantitative estimate of drug-likeness (QED) is 0.587. The summed E-state index contributed by atoms with van der Waals surface area (Å²) in [6, 6.07) is 6.57. The second kappa shape index (κ2) is 3.57. The van der Waals surface area contributed by atoms with Crippen molar-refractivity contribution in [1.82, 2.24) is 0 Å². The third kappa shape index (κ3) is 1.76. The molecule has 0 saturated heterocycles. The van der Waals surface area contributed by atoms with E-state index in [1.807, 2.05) is 0 Å². The Balaban J connectivity index is 3.23. The van der Waals surface area contributed by atoms with E-state index in [1.54, 1.807) is 0 Å². The number of allylic oxidation sites excluding steroid dienone is 2. The predicted molar refractivity (Wildman–Crippen MR) is 55.2 cm³/mol. The van der Waals surface area contributed by atoms with Crippen LogP contribution in [0.15, 0.2) is 24.3 Å². The molecule has 0 unspecified atom stereocenters. The van der Waals surface area contributed by atoms with Crippen LogP contribution in [0.4, 0.5) is 0 Å². The predicted octanol–water partition coefficient (Wildman–Crippen LogP) is 3.73. The number of rotatable bonds is 1. The van der Waals surface area contributed by atoms with Gasteiger partial charge in [-0.3, -0.25) is 0 Å². The van der Waals surface area contributed by atoms with E-state index in [2.05, 4.69) is 52.0 Å². The van der Waals surface area contributed by atoms with Gasteiger partial charge in [0.05, 0.1) is 0 Å². The van der Waals surface area contributed by atoms with Crippen molar-refractivity contribution in [2.45, 2.75) is 27.7 Å². The Hall–Kier alpha value is -1.04. The van der Waals surface area contributed by atoms with E-state index in [0.717, 1.165) is 0 Å². The molecule has 1 rings (SSSR count). The second-order valence-corrected chi connectivity index (χ2v) is 3.29. The fraction of sp³-hybridized carbons (Fsp3) is 0.333. The molecule has 0 heterocycles. The molecule has 0 amide bonds. The van der Waals surface area contributed by atoms with Crippen LogP contribution < -0.4 is 0 Å². The maximum Gasteiger partial charge on any atom is -0.0199 e. The van der Waals surface area contributed by atoms with E-state index in [9.17, 15) is 0 Å². The van der Waals surface area contributed by atoms with Gasteiger partial charge in [0.1, 0.15) is 0 Å². The molecule has 1 aromatic carbocycles. The Morgan fingerprint density at radius 2 is 1.92 bits per heavy atom. The Morgan fingerprint density at radius 1 is 1.25 bits per heavy atom. The molecule has 0 N–H and O–H groups in total. The van der Waals surface area contributed by atoms with Crippen LogP contribution in [0, 0.1) is 13.8 Å². The van der Waals surface area contributed by atoms with E-state index in [4.69, 9.17) is 0 Å². The maximum absolute atomic E-state index is 2.24. The number of hydrogen-bond acceptors (Lipinski definition) is 0. The minimum atomic E-state index is 1.33. The smallest absolute Gasteiger partial charge is 0.0199 e. The van der Waals surface area contributed by atoms with Gasteiger partial charge in [0.15, 0.2) is 0 Å². The molecule has 0 radical (unpaired) electrons. The van der Waals surface area contributed by atoms with Crippen molar-refractivity contribution in [1.29, 1.82) is 0 Å². The first-order chi connectivity index (χ1) is 5.65. The summed E-state index contributed by atoms with van der Waals surface area (Å²) in [5.41, 5.74) is 5.42. The summed E-state index contributed by atoms with van der Waals surface area (Å²) in [5.74, 6) is 0. The summed E-state index contributed by atoms with van der Waals surface area (Å²) in [6.07, 6.45) is 2.15. The third-order valence-electron chi connectivity index (χ3n) is 2.25. The lowest BCUT2D eigenvalue weighted by Gasteiger charge is -2.06. The van der Waals surface area contributed by atoms with Crippen molar-refractivity contribution in [2.24, 2.45) is 0 Å². The van der Waals surface area contributed by atoms with Crippen LogP contribution >= 0.6 is 0 Å². The van der Waals surface area contributed by atoms with Crippen molar-refractivity contribution in [2.75, 3.05) is 0 Å². The Morgan fingerprint density at radius 3 is 2.50 bits per heavy atom. The Bertz CT molecular complexity index is 306. The molecule has 0 aliphatic heterocycles. The highest BCUT2D eigenvalue weighted by Crippen LogP contribution is 2.19. The summed E-state index contributed by atoms with van der Waals surface area (Å²) in [5, 5.41) is 0. The van der Waals surface area contributed by atoms with Gasteiger partial charge in [0.2, 0.25) is 0 Å². The number of aryl methyl sites for hydroxylation is 2. The molecule has 12 heavy (non-hydrogen) atoms. The molecule has 0 aromatic heterocycles. The van der Waals surface area contributed by atoms with Crippen LogP contribution in [-0.4, -0.2) is 0 Å². The van der Waals surface area contributed by atoms with E-state index < -0.39 is 0 Å². The van der Waals surface area contributed by atoms with Crippen molar-refractivity contribution in [3.8, 4) is 0 Å². The van der Waals surface area contributed by atoms with Crippen LogP contribution in [0.2, 0.25) is 0 Å². The summed E-state index contributed by atoms with van der Waals surface area (Å²) in [4.78, 5) is 0. The average molecular weight is 160 g/mol. The molecule has 0 saturated carbocycles. The molecule has 0 aliphatic rings. The van der Waals surface area contributed by atoms with Crippen LogP contribution in [0.5, 0.6) is 0 Å². The summed E-state index contributed by atoms with van der Waals surface area (Å²) in [6.45, 7) is 8.52. The Kier molecular flexibility index (Phi) is 2.69. The van der Waals surface area contributed by atoms with E-state index >= 15 is 0 Å². The first kappa shape index (κ1) is 9.05. The standard InChI is InChI=1S/C12H16/c1-5-10(3)12-8-9(2)6-7-11(12)4/h5-8H,1-4H3. The van der Waals surface area contributed by atoms with Crippen LogP contribution in [0.25, 0.3) is 5.57 Å². The van der Waals surface area contributed by atoms with Crippen molar-refractivity contribution in [3.63, 3.8) is 0 Å². The first-order valence-corrected chi connectivity index (χ1v) is 4.35. The second-order valence-electron chi connectivity index (χ2n) is 3.29. The van der Waals surface area contributed by atoms with E-state index in [0.29, 0.717) is 0 Å². The highest BCUT2D eigenvalue weighted by molar-refractivity contribution is 5.66. The molecule has 0 atom stereocenters. The molecular formula is C12H16. The molecule has 0 aliphatic carbocycles. The lowest BCUT2D eigenvalue weighted by molar-refractivity contribution is 1.35. The molecule has 0 fully saturated rings. The van der Waals surface area contributed by atoms with Crippen molar-refractivity contribution < 1.29 is 0 Å². The van der Waals surface area contributed by atoms with Gasteiger partial charge >= 0.3 is 0 Å². The van der Waals surface area contributed by atoms with Gasteiger partial charge in [-0.15, -0.1) is 0 Å². The Labute approximate surface area is 74.9 Å². The molecule has 64 valence electrons. The molecule has 0 heteroatoms. The first-order valence-electron chi connectivity index (χ1n) is 4.35. The summed E-state index contributed by atoms with van der Waals surface area (Å²) >= 11 is 0. The van der Waals surface area contributed by atoms with Crippen LogP contribution in [-0.2, 0) is 0 Å². The molecule has 0 nitrogen and oxygen atoms in total. The minimum Gasteiger partial charge on any atom is -0.0841 e. The van der Waals surface area contributed by atoms with E-state index in [-0.39, 0.29) is 0 Å². The van der Waals surface area contributed by atoms with Crippen LogP contribution in [0.3, 0.4) is 0 Å². The zero-order valence-electron chi connectivity index (χ0n) is 8.31. The van der Waals surface area contributed by atoms with Gasteiger partial charge in [0, 0.05) is 0 Å². The van der Waals surface area contributed by atoms with Gasteiger partial charge in [-0.1, -0.05) is 29.8 Å². The van der Waals surface area contributed by atoms with Gasteiger partial charge in [-0.25, -0.2) is 0 Å². The fourth-order valence-electron chi connectivity index (χ4n) is 1.32. The third-order valence-corrected chi connectivity index (χ3v) is 2.25. The molecular weight excluding hydrogens is 144 g/mol. The summed E-state index contributed by atoms with van der Waals surface area (Å²) < 4.78 is 0. The van der Waals surface area contributed by atoms with Gasteiger partial charge in [0.25, 0.3) is 0 Å². The van der Waals surface area contributed by atoms with Crippen LogP contribution in [0.1, 0.15) is 30.5 Å². The van der Waals surface area contributed by atoms with Gasteiger partial charge in [-0.2, -0.15) is 0 Å². The molecule has 1 aromatic rings. The number of benzene rings is 1. The highest BCUT2D eigenvalue weighted by atomic mass is 14.0. The van der Waals surface area contributed by atoms with Gasteiger partial charge in [-0.05, 0) is 44.4 Å². The molecule has 0 bridgehead atoms. The zero-order valence-corrected chi connectivity index (χ0v) is 8.31. The highest BCUT2D eigenvalue weighted by Gasteiger charge is 1.98.